The van der Waals surface area contributed by atoms with Gasteiger partial charge in [-0.25, -0.2) is 0 Å². The fraction of sp³-hybridized carbons (Fsp3) is 0.278. The Morgan fingerprint density at radius 2 is 1.67 bits per heavy atom. The van der Waals surface area contributed by atoms with Crippen molar-refractivity contribution < 1.29 is 9.53 Å². The predicted octanol–water partition coefficient (Wildman–Crippen LogP) is 4.46. The van der Waals surface area contributed by atoms with E-state index >= 15 is 0 Å². The van der Waals surface area contributed by atoms with Gasteiger partial charge in [0.1, 0.15) is 11.5 Å². The van der Waals surface area contributed by atoms with Crippen LogP contribution in [0.25, 0.3) is 0 Å². The number of ether oxygens (including phenoxy) is 1. The van der Waals surface area contributed by atoms with E-state index in [4.69, 9.17) is 4.74 Å². The highest BCUT2D eigenvalue weighted by Crippen LogP contribution is 2.37. The molecule has 1 fully saturated rings. The lowest BCUT2D eigenvalue weighted by Crippen LogP contribution is -2.21. The number of benzene rings is 2. The second-order valence-electron chi connectivity index (χ2n) is 5.55. The van der Waals surface area contributed by atoms with Crippen molar-refractivity contribution in [2.45, 2.75) is 19.8 Å². The van der Waals surface area contributed by atoms with Crippen LogP contribution in [-0.2, 0) is 4.79 Å². The molecule has 0 spiro atoms. The molecule has 0 radical (unpaired) electrons. The quantitative estimate of drug-likeness (QED) is 0.878. The molecule has 1 unspecified atom stereocenters. The van der Waals surface area contributed by atoms with Crippen molar-refractivity contribution in [3.05, 3.63) is 54.6 Å². The summed E-state index contributed by atoms with van der Waals surface area (Å²) in [5.41, 5.74) is 0.813. The minimum absolute atomic E-state index is 0.102. The van der Waals surface area contributed by atoms with Crippen molar-refractivity contribution in [3.8, 4) is 11.5 Å². The van der Waals surface area contributed by atoms with E-state index in [1.165, 1.54) is 12.8 Å². The van der Waals surface area contributed by atoms with E-state index in [9.17, 15) is 4.79 Å². The molecular weight excluding hydrogens is 262 g/mol. The smallest absolute Gasteiger partial charge is 0.227 e. The highest BCUT2D eigenvalue weighted by molar-refractivity contribution is 5.92. The Bertz CT molecular complexity index is 603. The number of nitrogens with one attached hydrogen (secondary N) is 1. The number of anilines is 1. The molecule has 2 aromatic rings. The average Bonchev–Trinajstić information content (AvgIpc) is 3.34. The first-order valence-corrected chi connectivity index (χ1v) is 7.36. The van der Waals surface area contributed by atoms with E-state index in [0.29, 0.717) is 5.92 Å². The van der Waals surface area contributed by atoms with E-state index in [0.717, 1.165) is 17.2 Å². The number of hydrogen-bond donors (Lipinski definition) is 1. The van der Waals surface area contributed by atoms with Crippen molar-refractivity contribution in [3.63, 3.8) is 0 Å². The lowest BCUT2D eigenvalue weighted by molar-refractivity contribution is -0.119. The van der Waals surface area contributed by atoms with Crippen LogP contribution in [0.2, 0.25) is 0 Å². The number of rotatable bonds is 5. The summed E-state index contributed by atoms with van der Waals surface area (Å²) < 4.78 is 5.72. The van der Waals surface area contributed by atoms with Gasteiger partial charge in [0.05, 0.1) is 0 Å². The normalized spacial score (nSPS) is 15.3. The zero-order valence-electron chi connectivity index (χ0n) is 12.1. The molecular formula is C18H19NO2. The van der Waals surface area contributed by atoms with Gasteiger partial charge >= 0.3 is 0 Å². The molecule has 1 atom stereocenters. The molecule has 0 aromatic heterocycles. The number of carbonyl (C=O) groups excluding carboxylic acids is 1. The van der Waals surface area contributed by atoms with Gasteiger partial charge in [0, 0.05) is 11.6 Å². The molecule has 1 aliphatic carbocycles. The van der Waals surface area contributed by atoms with E-state index in [2.05, 4.69) is 5.32 Å². The van der Waals surface area contributed by atoms with Crippen molar-refractivity contribution >= 4 is 11.6 Å². The van der Waals surface area contributed by atoms with Gasteiger partial charge in [0.25, 0.3) is 0 Å². The van der Waals surface area contributed by atoms with E-state index in [-0.39, 0.29) is 11.8 Å². The third-order valence-electron chi connectivity index (χ3n) is 3.84. The van der Waals surface area contributed by atoms with E-state index in [1.807, 2.05) is 61.5 Å². The van der Waals surface area contributed by atoms with Crippen molar-refractivity contribution in [1.29, 1.82) is 0 Å². The predicted molar refractivity (Wildman–Crippen MR) is 83.5 cm³/mol. The third-order valence-corrected chi connectivity index (χ3v) is 3.84. The summed E-state index contributed by atoms with van der Waals surface area (Å²) in [6.45, 7) is 2.00. The van der Waals surface area contributed by atoms with Gasteiger partial charge in [-0.05, 0) is 55.2 Å². The minimum Gasteiger partial charge on any atom is -0.457 e. The van der Waals surface area contributed by atoms with Crippen molar-refractivity contribution in [2.24, 2.45) is 11.8 Å². The Hall–Kier alpha value is -2.29. The molecule has 3 rings (SSSR count). The Balaban J connectivity index is 1.60. The summed E-state index contributed by atoms with van der Waals surface area (Å²) in [6.07, 6.45) is 2.36. The van der Waals surface area contributed by atoms with Crippen molar-refractivity contribution in [2.75, 3.05) is 5.32 Å². The van der Waals surface area contributed by atoms with Crippen LogP contribution in [0.15, 0.2) is 54.6 Å². The summed E-state index contributed by atoms with van der Waals surface area (Å²) in [5.74, 6) is 2.34. The fourth-order valence-corrected chi connectivity index (χ4v) is 2.30. The van der Waals surface area contributed by atoms with Crippen molar-refractivity contribution in [1.82, 2.24) is 0 Å². The Labute approximate surface area is 124 Å². The Kier molecular flexibility index (Phi) is 3.91. The summed E-state index contributed by atoms with van der Waals surface area (Å²) in [4.78, 5) is 12.0. The maximum atomic E-state index is 12.0. The summed E-state index contributed by atoms with van der Waals surface area (Å²) in [6, 6.07) is 17.1. The van der Waals surface area contributed by atoms with Gasteiger partial charge in [0.2, 0.25) is 5.91 Å². The highest BCUT2D eigenvalue weighted by Gasteiger charge is 2.32. The van der Waals surface area contributed by atoms with Crippen LogP contribution in [0.5, 0.6) is 11.5 Å². The van der Waals surface area contributed by atoms with Crippen LogP contribution in [0.1, 0.15) is 19.8 Å². The maximum absolute atomic E-state index is 12.0. The SMILES string of the molecule is CC(C(=O)Nc1ccc(Oc2ccccc2)cc1)C1CC1. The molecule has 0 saturated heterocycles. The van der Waals surface area contributed by atoms with Gasteiger partial charge in [-0.1, -0.05) is 25.1 Å². The number of hydrogen-bond acceptors (Lipinski definition) is 2. The number of para-hydroxylation sites is 1. The fourth-order valence-electron chi connectivity index (χ4n) is 2.30. The second-order valence-corrected chi connectivity index (χ2v) is 5.55. The Morgan fingerprint density at radius 1 is 1.05 bits per heavy atom. The highest BCUT2D eigenvalue weighted by atomic mass is 16.5. The first-order valence-electron chi connectivity index (χ1n) is 7.36. The van der Waals surface area contributed by atoms with Crippen LogP contribution in [0.3, 0.4) is 0 Å². The molecule has 0 bridgehead atoms. The van der Waals surface area contributed by atoms with Gasteiger partial charge in [-0.2, -0.15) is 0 Å². The van der Waals surface area contributed by atoms with Crippen LogP contribution >= 0.6 is 0 Å². The van der Waals surface area contributed by atoms with Gasteiger partial charge in [-0.15, -0.1) is 0 Å². The second kappa shape index (κ2) is 6.00. The monoisotopic (exact) mass is 281 g/mol. The van der Waals surface area contributed by atoms with Gasteiger partial charge < -0.3 is 10.1 Å². The van der Waals surface area contributed by atoms with E-state index in [1.54, 1.807) is 0 Å². The lowest BCUT2D eigenvalue weighted by atomic mass is 10.1. The maximum Gasteiger partial charge on any atom is 0.227 e. The third kappa shape index (κ3) is 3.63. The summed E-state index contributed by atoms with van der Waals surface area (Å²) >= 11 is 0. The molecule has 2 aromatic carbocycles. The van der Waals surface area contributed by atoms with E-state index < -0.39 is 0 Å². The molecule has 1 N–H and O–H groups in total. The molecule has 1 aliphatic rings. The Morgan fingerprint density at radius 3 is 2.29 bits per heavy atom. The average molecular weight is 281 g/mol. The zero-order chi connectivity index (χ0) is 14.7. The number of carbonyl (C=O) groups is 1. The molecule has 0 aliphatic heterocycles. The van der Waals surface area contributed by atoms with Crippen LogP contribution in [0, 0.1) is 11.8 Å². The summed E-state index contributed by atoms with van der Waals surface area (Å²) in [5, 5.41) is 2.96. The van der Waals surface area contributed by atoms with Crippen LogP contribution in [0.4, 0.5) is 5.69 Å². The molecule has 1 amide bonds. The van der Waals surface area contributed by atoms with Crippen LogP contribution in [-0.4, -0.2) is 5.91 Å². The molecule has 21 heavy (non-hydrogen) atoms. The zero-order valence-corrected chi connectivity index (χ0v) is 12.1. The summed E-state index contributed by atoms with van der Waals surface area (Å²) in [7, 11) is 0. The standard InChI is InChI=1S/C18H19NO2/c1-13(14-7-8-14)18(20)19-15-9-11-17(12-10-15)21-16-5-3-2-4-6-16/h2-6,9-14H,7-8H2,1H3,(H,19,20). The first kappa shape index (κ1) is 13.7. The van der Waals surface area contributed by atoms with Gasteiger partial charge in [-0.3, -0.25) is 4.79 Å². The first-order chi connectivity index (χ1) is 10.2. The largest absolute Gasteiger partial charge is 0.457 e. The lowest BCUT2D eigenvalue weighted by Gasteiger charge is -2.11. The van der Waals surface area contributed by atoms with Crippen LogP contribution < -0.4 is 10.1 Å². The number of amides is 1. The molecule has 0 heterocycles. The topological polar surface area (TPSA) is 38.3 Å². The van der Waals surface area contributed by atoms with Gasteiger partial charge in [0.15, 0.2) is 0 Å². The minimum atomic E-state index is 0.102. The molecule has 3 heteroatoms. The molecule has 3 nitrogen and oxygen atoms in total. The molecule has 1 saturated carbocycles. The molecule has 108 valence electrons.